The molecule has 3 rings (SSSR count). The molecule has 106 valence electrons. The van der Waals surface area contributed by atoms with E-state index in [1.165, 1.54) is 11.3 Å². The third-order valence-electron chi connectivity index (χ3n) is 2.84. The van der Waals surface area contributed by atoms with Gasteiger partial charge < -0.3 is 0 Å². The highest BCUT2D eigenvalue weighted by Gasteiger charge is 2.14. The van der Waals surface area contributed by atoms with Crippen LogP contribution in [0.25, 0.3) is 10.1 Å². The number of thiophene rings is 1. The zero-order valence-corrected chi connectivity index (χ0v) is 13.4. The van der Waals surface area contributed by atoms with Crippen LogP contribution in [-0.4, -0.2) is 11.0 Å². The van der Waals surface area contributed by atoms with Crippen molar-refractivity contribution in [3.8, 4) is 5.75 Å². The molecule has 0 aliphatic rings. The molecule has 0 spiro atoms. The minimum atomic E-state index is -0.515. The molecule has 2 aromatic heterocycles. The Balaban J connectivity index is 1.75. The Kier molecular flexibility index (Phi) is 3.90. The monoisotopic (exact) mass is 363 g/mol. The van der Waals surface area contributed by atoms with Crippen LogP contribution < -0.4 is 4.89 Å². The predicted octanol–water partition coefficient (Wildman–Crippen LogP) is 4.52. The molecule has 21 heavy (non-hydrogen) atoms. The molecule has 1 aromatic carbocycles. The van der Waals surface area contributed by atoms with Crippen LogP contribution in [0.4, 0.5) is 0 Å². The van der Waals surface area contributed by atoms with E-state index in [1.54, 1.807) is 36.5 Å². The van der Waals surface area contributed by atoms with E-state index in [4.69, 9.17) is 9.78 Å². The van der Waals surface area contributed by atoms with Gasteiger partial charge in [0.15, 0.2) is 5.75 Å². The van der Waals surface area contributed by atoms with Gasteiger partial charge in [-0.05, 0) is 48.7 Å². The Hall–Kier alpha value is -1.92. The average molecular weight is 364 g/mol. The predicted molar refractivity (Wildman–Crippen MR) is 84.5 cm³/mol. The molecule has 3 aromatic rings. The Morgan fingerprint density at radius 2 is 2.00 bits per heavy atom. The summed E-state index contributed by atoms with van der Waals surface area (Å²) in [6.45, 7) is 1.91. The maximum absolute atomic E-state index is 12.0. The number of aromatic nitrogens is 1. The number of carbonyl (C=O) groups is 1. The molecule has 0 aliphatic carbocycles. The number of benzene rings is 1. The van der Waals surface area contributed by atoms with Crippen molar-refractivity contribution in [1.82, 2.24) is 4.98 Å². The fraction of sp³-hybridized carbons (Fsp3) is 0.0667. The van der Waals surface area contributed by atoms with Crippen LogP contribution in [0.2, 0.25) is 0 Å². The highest BCUT2D eigenvalue weighted by molar-refractivity contribution is 9.10. The van der Waals surface area contributed by atoms with Crippen molar-refractivity contribution >= 4 is 43.3 Å². The van der Waals surface area contributed by atoms with Crippen molar-refractivity contribution in [3.63, 3.8) is 0 Å². The number of hydrogen-bond acceptors (Lipinski definition) is 5. The minimum absolute atomic E-state index is 0.463. The Bertz CT molecular complexity index is 798. The Morgan fingerprint density at radius 1 is 1.24 bits per heavy atom. The van der Waals surface area contributed by atoms with Crippen LogP contribution in [0.1, 0.15) is 15.4 Å². The molecule has 4 nitrogen and oxygen atoms in total. The van der Waals surface area contributed by atoms with Crippen LogP contribution in [0.15, 0.2) is 47.1 Å². The number of nitrogens with zero attached hydrogens (tertiary/aromatic N) is 1. The van der Waals surface area contributed by atoms with Crippen molar-refractivity contribution in [2.75, 3.05) is 0 Å². The molecule has 0 amide bonds. The van der Waals surface area contributed by atoms with Crippen LogP contribution >= 0.6 is 27.3 Å². The van der Waals surface area contributed by atoms with Gasteiger partial charge in [-0.25, -0.2) is 9.68 Å². The van der Waals surface area contributed by atoms with Crippen molar-refractivity contribution in [2.45, 2.75) is 6.92 Å². The average Bonchev–Trinajstić information content (AvgIpc) is 2.92. The van der Waals surface area contributed by atoms with E-state index in [0.717, 1.165) is 20.3 Å². The molecule has 0 atom stereocenters. The summed E-state index contributed by atoms with van der Waals surface area (Å²) >= 11 is 4.67. The second-order valence-electron chi connectivity index (χ2n) is 4.33. The Morgan fingerprint density at radius 3 is 2.71 bits per heavy atom. The standard InChI is InChI=1S/C15H10BrNO3S/c1-9-14-10(6-7-17-9)8-13(21-14)15(18)20-19-12-4-2-11(16)3-5-12/h2-8H,1H3. The van der Waals surface area contributed by atoms with Crippen LogP contribution in [0.5, 0.6) is 5.75 Å². The summed E-state index contributed by atoms with van der Waals surface area (Å²) in [6.07, 6.45) is 1.72. The number of hydrogen-bond donors (Lipinski definition) is 0. The van der Waals surface area contributed by atoms with Gasteiger partial charge in [-0.3, -0.25) is 9.87 Å². The summed E-state index contributed by atoms with van der Waals surface area (Å²) in [5.74, 6) is -0.0518. The van der Waals surface area contributed by atoms with Gasteiger partial charge in [0.25, 0.3) is 0 Å². The van der Waals surface area contributed by atoms with Crippen LogP contribution in [0.3, 0.4) is 0 Å². The highest BCUT2D eigenvalue weighted by atomic mass is 79.9. The number of aryl methyl sites for hydroxylation is 1. The summed E-state index contributed by atoms with van der Waals surface area (Å²) in [7, 11) is 0. The van der Waals surface area contributed by atoms with Gasteiger partial charge in [-0.2, -0.15) is 0 Å². The van der Waals surface area contributed by atoms with E-state index in [9.17, 15) is 4.79 Å². The number of carbonyl (C=O) groups excluding carboxylic acids is 1. The van der Waals surface area contributed by atoms with Gasteiger partial charge >= 0.3 is 5.97 Å². The van der Waals surface area contributed by atoms with Crippen molar-refractivity contribution in [1.29, 1.82) is 0 Å². The third kappa shape index (κ3) is 3.06. The van der Waals surface area contributed by atoms with Gasteiger partial charge in [-0.15, -0.1) is 11.3 Å². The second-order valence-corrected chi connectivity index (χ2v) is 6.30. The summed E-state index contributed by atoms with van der Waals surface area (Å²) in [5, 5.41) is 0.975. The first-order valence-electron chi connectivity index (χ1n) is 6.13. The third-order valence-corrected chi connectivity index (χ3v) is 4.61. The normalized spacial score (nSPS) is 10.6. The summed E-state index contributed by atoms with van der Waals surface area (Å²) in [6, 6.07) is 10.7. The fourth-order valence-electron chi connectivity index (χ4n) is 1.82. The van der Waals surface area contributed by atoms with Gasteiger partial charge in [-0.1, -0.05) is 15.9 Å². The van der Waals surface area contributed by atoms with E-state index in [1.807, 2.05) is 13.0 Å². The molecule has 0 saturated heterocycles. The Labute approximate surface area is 133 Å². The van der Waals surface area contributed by atoms with E-state index >= 15 is 0 Å². The van der Waals surface area contributed by atoms with Crippen molar-refractivity contribution < 1.29 is 14.6 Å². The molecule has 0 fully saturated rings. The van der Waals surface area contributed by atoms with Crippen molar-refractivity contribution in [2.24, 2.45) is 0 Å². The summed E-state index contributed by atoms with van der Waals surface area (Å²) < 4.78 is 1.90. The first-order valence-corrected chi connectivity index (χ1v) is 7.74. The maximum atomic E-state index is 12.0. The maximum Gasteiger partial charge on any atom is 0.396 e. The van der Waals surface area contributed by atoms with Crippen LogP contribution in [0, 0.1) is 6.92 Å². The SMILES string of the molecule is Cc1nccc2cc(C(=O)OOc3ccc(Br)cc3)sc12. The van der Waals surface area contributed by atoms with Gasteiger partial charge in [0.05, 0.1) is 10.4 Å². The van der Waals surface area contributed by atoms with Crippen LogP contribution in [-0.2, 0) is 4.89 Å². The number of halogens is 1. The largest absolute Gasteiger partial charge is 0.396 e. The molecular formula is C15H10BrNO3S. The smallest absolute Gasteiger partial charge is 0.287 e. The number of fused-ring (bicyclic) bond motifs is 1. The lowest BCUT2D eigenvalue weighted by Crippen LogP contribution is -2.06. The zero-order valence-electron chi connectivity index (χ0n) is 11.0. The molecule has 0 bridgehead atoms. The number of rotatable bonds is 3. The van der Waals surface area contributed by atoms with Gasteiger partial charge in [0.2, 0.25) is 0 Å². The molecule has 0 N–H and O–H groups in total. The molecule has 2 heterocycles. The lowest BCUT2D eigenvalue weighted by atomic mass is 10.2. The van der Waals surface area contributed by atoms with E-state index in [2.05, 4.69) is 20.9 Å². The molecule has 0 unspecified atom stereocenters. The topological polar surface area (TPSA) is 48.4 Å². The molecular weight excluding hydrogens is 354 g/mol. The van der Waals surface area contributed by atoms with Gasteiger partial charge in [0.1, 0.15) is 4.88 Å². The van der Waals surface area contributed by atoms with E-state index < -0.39 is 5.97 Å². The lowest BCUT2D eigenvalue weighted by Gasteiger charge is -2.02. The first-order chi connectivity index (χ1) is 10.1. The van der Waals surface area contributed by atoms with Crippen molar-refractivity contribution in [3.05, 3.63) is 57.6 Å². The molecule has 0 saturated carbocycles. The zero-order chi connectivity index (χ0) is 14.8. The second kappa shape index (κ2) is 5.83. The number of pyridine rings is 1. The fourth-order valence-corrected chi connectivity index (χ4v) is 3.05. The van der Waals surface area contributed by atoms with Gasteiger partial charge in [0, 0.05) is 10.7 Å². The first kappa shape index (κ1) is 14.0. The minimum Gasteiger partial charge on any atom is -0.287 e. The molecule has 0 aliphatic heterocycles. The highest BCUT2D eigenvalue weighted by Crippen LogP contribution is 2.28. The molecule has 0 radical (unpaired) electrons. The summed E-state index contributed by atoms with van der Waals surface area (Å²) in [4.78, 5) is 26.6. The quantitative estimate of drug-likeness (QED) is 0.507. The van der Waals surface area contributed by atoms with E-state index in [-0.39, 0.29) is 0 Å². The molecule has 6 heteroatoms. The van der Waals surface area contributed by atoms with E-state index in [0.29, 0.717) is 10.6 Å². The lowest BCUT2D eigenvalue weighted by molar-refractivity contribution is -0.149. The summed E-state index contributed by atoms with van der Waals surface area (Å²) in [5.41, 5.74) is 0.894.